The Morgan fingerprint density at radius 3 is 2.81 bits per heavy atom. The van der Waals surface area contributed by atoms with Gasteiger partial charge in [-0.2, -0.15) is 0 Å². The second kappa shape index (κ2) is 6.99. The molecular weight excluding hydrogens is 346 g/mol. The van der Waals surface area contributed by atoms with E-state index in [9.17, 15) is 9.59 Å². The molecule has 1 amide bonds. The standard InChI is InChI=1S/C20H25N3O2S/c1-2-22-19(25)15-10-9-14(12-16(15)21-20(22)26)18(24)23-11-5-7-13-6-3-4-8-17(13)23/h9-10,12-13,17H,2-8,11H2,1H3,(H,21,26)/t13-,17-/m0/s1. The van der Waals surface area contributed by atoms with E-state index in [1.165, 1.54) is 30.3 Å². The van der Waals surface area contributed by atoms with Crippen molar-refractivity contribution in [1.29, 1.82) is 0 Å². The van der Waals surface area contributed by atoms with Crippen LogP contribution in [0, 0.1) is 10.7 Å². The molecular formula is C20H25N3O2S. The number of benzene rings is 1. The molecule has 5 nitrogen and oxygen atoms in total. The van der Waals surface area contributed by atoms with Gasteiger partial charge in [-0.1, -0.05) is 12.8 Å². The molecule has 2 atom stereocenters. The Bertz CT molecular complexity index is 960. The molecule has 6 heteroatoms. The van der Waals surface area contributed by atoms with Crippen molar-refractivity contribution in [3.05, 3.63) is 38.9 Å². The van der Waals surface area contributed by atoms with Gasteiger partial charge in [0, 0.05) is 24.7 Å². The van der Waals surface area contributed by atoms with Gasteiger partial charge in [-0.3, -0.25) is 14.2 Å². The maximum Gasteiger partial charge on any atom is 0.262 e. The predicted octanol–water partition coefficient (Wildman–Crippen LogP) is 3.87. The van der Waals surface area contributed by atoms with E-state index in [4.69, 9.17) is 12.2 Å². The fourth-order valence-corrected chi connectivity index (χ4v) is 5.04. The van der Waals surface area contributed by atoms with Crippen LogP contribution in [0.25, 0.3) is 10.9 Å². The molecule has 2 heterocycles. The van der Waals surface area contributed by atoms with E-state index in [0.717, 1.165) is 19.4 Å². The fourth-order valence-electron chi connectivity index (χ4n) is 4.72. The number of aromatic nitrogens is 2. The number of piperidine rings is 1. The summed E-state index contributed by atoms with van der Waals surface area (Å²) in [6, 6.07) is 5.72. The molecule has 2 fully saturated rings. The molecule has 0 radical (unpaired) electrons. The fraction of sp³-hybridized carbons (Fsp3) is 0.550. The number of nitrogens with zero attached hydrogens (tertiary/aromatic N) is 2. The zero-order valence-corrected chi connectivity index (χ0v) is 16.0. The van der Waals surface area contributed by atoms with Crippen molar-refractivity contribution < 1.29 is 4.79 Å². The summed E-state index contributed by atoms with van der Waals surface area (Å²) in [5.41, 5.74) is 1.19. The van der Waals surface area contributed by atoms with E-state index in [-0.39, 0.29) is 11.5 Å². The topological polar surface area (TPSA) is 58.1 Å². The maximum absolute atomic E-state index is 13.2. The molecule has 4 rings (SSSR count). The first-order valence-corrected chi connectivity index (χ1v) is 10.1. The van der Waals surface area contributed by atoms with Crippen molar-refractivity contribution >= 4 is 29.0 Å². The molecule has 1 aliphatic carbocycles. The summed E-state index contributed by atoms with van der Waals surface area (Å²) < 4.78 is 1.94. The van der Waals surface area contributed by atoms with E-state index >= 15 is 0 Å². The highest BCUT2D eigenvalue weighted by molar-refractivity contribution is 7.71. The first-order valence-electron chi connectivity index (χ1n) is 9.68. The predicted molar refractivity (Wildman–Crippen MR) is 105 cm³/mol. The van der Waals surface area contributed by atoms with Crippen LogP contribution < -0.4 is 5.56 Å². The Hall–Kier alpha value is -1.95. The average Bonchev–Trinajstić information content (AvgIpc) is 2.67. The zero-order valence-electron chi connectivity index (χ0n) is 15.2. The summed E-state index contributed by atoms with van der Waals surface area (Å²) in [6.07, 6.45) is 7.20. The van der Waals surface area contributed by atoms with Crippen molar-refractivity contribution in [2.24, 2.45) is 5.92 Å². The van der Waals surface area contributed by atoms with Gasteiger partial charge in [-0.25, -0.2) is 0 Å². The molecule has 1 N–H and O–H groups in total. The number of likely N-dealkylation sites (tertiary alicyclic amines) is 1. The number of aromatic amines is 1. The molecule has 2 aromatic rings. The molecule has 1 aromatic carbocycles. The van der Waals surface area contributed by atoms with Crippen molar-refractivity contribution in [2.45, 2.75) is 58.0 Å². The number of carbonyl (C=O) groups is 1. The van der Waals surface area contributed by atoms with Crippen LogP contribution in [-0.4, -0.2) is 32.9 Å². The number of hydrogen-bond acceptors (Lipinski definition) is 3. The first kappa shape index (κ1) is 17.5. The van der Waals surface area contributed by atoms with E-state index in [1.54, 1.807) is 18.2 Å². The van der Waals surface area contributed by atoms with Gasteiger partial charge < -0.3 is 9.88 Å². The molecule has 2 aliphatic rings. The minimum Gasteiger partial charge on any atom is -0.335 e. The summed E-state index contributed by atoms with van der Waals surface area (Å²) in [5.74, 6) is 0.743. The van der Waals surface area contributed by atoms with Crippen LogP contribution in [0.15, 0.2) is 23.0 Å². The van der Waals surface area contributed by atoms with Gasteiger partial charge >= 0.3 is 0 Å². The summed E-state index contributed by atoms with van der Waals surface area (Å²) in [6.45, 7) is 3.26. The highest BCUT2D eigenvalue weighted by atomic mass is 32.1. The average molecular weight is 372 g/mol. The Morgan fingerprint density at radius 2 is 2.00 bits per heavy atom. The lowest BCUT2D eigenvalue weighted by Crippen LogP contribution is -2.49. The monoisotopic (exact) mass is 371 g/mol. The lowest BCUT2D eigenvalue weighted by atomic mass is 9.78. The van der Waals surface area contributed by atoms with E-state index in [2.05, 4.69) is 9.88 Å². The van der Waals surface area contributed by atoms with Gasteiger partial charge in [-0.15, -0.1) is 0 Å². The zero-order chi connectivity index (χ0) is 18.3. The summed E-state index contributed by atoms with van der Waals surface area (Å²) >= 11 is 5.29. The van der Waals surface area contributed by atoms with Gasteiger partial charge in [0.05, 0.1) is 10.9 Å². The number of carbonyl (C=O) groups excluding carboxylic acids is 1. The van der Waals surface area contributed by atoms with Crippen molar-refractivity contribution in [1.82, 2.24) is 14.5 Å². The smallest absolute Gasteiger partial charge is 0.262 e. The minimum atomic E-state index is -0.101. The van der Waals surface area contributed by atoms with Crippen LogP contribution in [0.1, 0.15) is 55.8 Å². The third-order valence-corrected chi connectivity index (χ3v) is 6.37. The van der Waals surface area contributed by atoms with Crippen molar-refractivity contribution in [3.63, 3.8) is 0 Å². The summed E-state index contributed by atoms with van der Waals surface area (Å²) in [7, 11) is 0. The third kappa shape index (κ3) is 2.90. The van der Waals surface area contributed by atoms with E-state index in [0.29, 0.717) is 39.7 Å². The van der Waals surface area contributed by atoms with Gasteiger partial charge in [0.2, 0.25) is 0 Å². The molecule has 1 aliphatic heterocycles. The molecule has 1 saturated carbocycles. The number of H-pyrrole nitrogens is 1. The summed E-state index contributed by atoms with van der Waals surface area (Å²) in [4.78, 5) is 30.9. The van der Waals surface area contributed by atoms with Crippen molar-refractivity contribution in [3.8, 4) is 0 Å². The minimum absolute atomic E-state index is 0.0856. The lowest BCUT2D eigenvalue weighted by Gasteiger charge is -2.44. The number of rotatable bonds is 2. The number of nitrogens with one attached hydrogen (secondary N) is 1. The van der Waals surface area contributed by atoms with Crippen LogP contribution in [0.5, 0.6) is 0 Å². The third-order valence-electron chi connectivity index (χ3n) is 6.05. The Morgan fingerprint density at radius 1 is 1.23 bits per heavy atom. The SMILES string of the molecule is CCn1c(=S)[nH]c2cc(C(=O)N3CCC[C@@H]4CCCC[C@@H]43)ccc2c1=O. The first-order chi connectivity index (χ1) is 12.6. The number of hydrogen-bond donors (Lipinski definition) is 1. The van der Waals surface area contributed by atoms with Crippen LogP contribution in [0.2, 0.25) is 0 Å². The van der Waals surface area contributed by atoms with E-state index < -0.39 is 0 Å². The van der Waals surface area contributed by atoms with Crippen LogP contribution in [-0.2, 0) is 6.54 Å². The van der Waals surface area contributed by atoms with Crippen LogP contribution in [0.4, 0.5) is 0 Å². The largest absolute Gasteiger partial charge is 0.335 e. The second-order valence-electron chi connectivity index (χ2n) is 7.49. The molecule has 1 aromatic heterocycles. The Labute approximate surface area is 158 Å². The van der Waals surface area contributed by atoms with Crippen molar-refractivity contribution in [2.75, 3.05) is 6.54 Å². The number of amides is 1. The Kier molecular flexibility index (Phi) is 4.69. The van der Waals surface area contributed by atoms with Gasteiger partial charge in [0.25, 0.3) is 11.5 Å². The summed E-state index contributed by atoms with van der Waals surface area (Å²) in [5, 5.41) is 0.575. The van der Waals surface area contributed by atoms with Gasteiger partial charge in [0.15, 0.2) is 4.77 Å². The van der Waals surface area contributed by atoms with Crippen LogP contribution in [0.3, 0.4) is 0 Å². The highest BCUT2D eigenvalue weighted by Gasteiger charge is 2.36. The maximum atomic E-state index is 13.2. The lowest BCUT2D eigenvalue weighted by molar-refractivity contribution is 0.0391. The second-order valence-corrected chi connectivity index (χ2v) is 7.88. The van der Waals surface area contributed by atoms with E-state index in [1.807, 2.05) is 6.92 Å². The molecule has 138 valence electrons. The molecule has 26 heavy (non-hydrogen) atoms. The van der Waals surface area contributed by atoms with Crippen LogP contribution >= 0.6 is 12.2 Å². The Balaban J connectivity index is 1.71. The molecule has 0 bridgehead atoms. The van der Waals surface area contributed by atoms with Gasteiger partial charge in [0.1, 0.15) is 0 Å². The van der Waals surface area contributed by atoms with Gasteiger partial charge in [-0.05, 0) is 68.9 Å². The quantitative estimate of drug-likeness (QED) is 0.815. The molecule has 1 saturated heterocycles. The molecule has 0 unspecified atom stereocenters. The normalized spacial score (nSPS) is 23.0. The highest BCUT2D eigenvalue weighted by Crippen LogP contribution is 2.36. The molecule has 0 spiro atoms. The number of fused-ring (bicyclic) bond motifs is 2.